The van der Waals surface area contributed by atoms with Gasteiger partial charge in [-0.25, -0.2) is 0 Å². The van der Waals surface area contributed by atoms with Gasteiger partial charge >= 0.3 is 0 Å². The topological polar surface area (TPSA) is 48.7 Å². The number of hydrogen-bond acceptors (Lipinski definition) is 4. The summed E-state index contributed by atoms with van der Waals surface area (Å²) in [5, 5.41) is 0. The number of ether oxygens (including phenoxy) is 2. The summed E-state index contributed by atoms with van der Waals surface area (Å²) in [7, 11) is 1.54. The van der Waals surface area contributed by atoms with Crippen LogP contribution in [0.2, 0.25) is 0 Å². The third-order valence-corrected chi connectivity index (χ3v) is 2.38. The average molecular weight is 246 g/mol. The maximum atomic E-state index is 11.7. The van der Waals surface area contributed by atoms with Crippen LogP contribution < -0.4 is 10.2 Å². The molecule has 18 heavy (non-hydrogen) atoms. The van der Waals surface area contributed by atoms with Gasteiger partial charge in [0, 0.05) is 13.2 Å². The van der Waals surface area contributed by atoms with Crippen LogP contribution in [0.4, 0.5) is 0 Å². The van der Waals surface area contributed by atoms with Gasteiger partial charge in [-0.3, -0.25) is 4.79 Å². The molecule has 4 heteroatoms. The molecule has 0 atom stereocenters. The second kappa shape index (κ2) is 6.02. The summed E-state index contributed by atoms with van der Waals surface area (Å²) < 4.78 is 15.5. The largest absolute Gasteiger partial charge is 0.482 e. The van der Waals surface area contributed by atoms with E-state index in [9.17, 15) is 4.79 Å². The van der Waals surface area contributed by atoms with Gasteiger partial charge in [-0.1, -0.05) is 30.3 Å². The Hall–Kier alpha value is -2.07. The molecule has 1 aromatic heterocycles. The fourth-order valence-corrected chi connectivity index (χ4v) is 1.50. The smallest absolute Gasteiger partial charge is 0.227 e. The molecule has 0 bridgehead atoms. The van der Waals surface area contributed by atoms with Crippen molar-refractivity contribution in [2.24, 2.45) is 0 Å². The van der Waals surface area contributed by atoms with E-state index < -0.39 is 0 Å². The maximum Gasteiger partial charge on any atom is 0.227 e. The van der Waals surface area contributed by atoms with E-state index in [2.05, 4.69) is 0 Å². The van der Waals surface area contributed by atoms with Crippen molar-refractivity contribution in [1.82, 2.24) is 0 Å². The number of benzene rings is 1. The van der Waals surface area contributed by atoms with Crippen molar-refractivity contribution in [1.29, 1.82) is 0 Å². The molecule has 0 saturated heterocycles. The van der Waals surface area contributed by atoms with Gasteiger partial charge < -0.3 is 13.9 Å². The molecule has 0 amide bonds. The highest BCUT2D eigenvalue weighted by atomic mass is 16.5. The van der Waals surface area contributed by atoms with Crippen molar-refractivity contribution in [3.8, 4) is 5.75 Å². The normalized spacial score (nSPS) is 10.3. The molecule has 2 aromatic rings. The summed E-state index contributed by atoms with van der Waals surface area (Å²) in [5.41, 5.74) is 0.794. The zero-order chi connectivity index (χ0) is 12.8. The van der Waals surface area contributed by atoms with Crippen LogP contribution in [0, 0.1) is 0 Å². The zero-order valence-corrected chi connectivity index (χ0v) is 10.1. The van der Waals surface area contributed by atoms with Crippen LogP contribution in [0.15, 0.2) is 51.9 Å². The van der Waals surface area contributed by atoms with Gasteiger partial charge in [0.25, 0.3) is 0 Å². The van der Waals surface area contributed by atoms with Crippen molar-refractivity contribution in [3.05, 3.63) is 64.2 Å². The molecule has 0 fully saturated rings. The van der Waals surface area contributed by atoms with E-state index >= 15 is 0 Å². The first-order valence-corrected chi connectivity index (χ1v) is 5.57. The standard InChI is InChI=1S/C14H14O4/c1-16-9-12-7-13(15)14(10-17-12)18-8-11-5-3-2-4-6-11/h2-7,10H,8-9H2,1H3. The Labute approximate surface area is 105 Å². The number of methoxy groups -OCH3 is 1. The molecule has 2 rings (SSSR count). The Balaban J connectivity index is 2.04. The van der Waals surface area contributed by atoms with Crippen molar-refractivity contribution in [3.63, 3.8) is 0 Å². The quantitative estimate of drug-likeness (QED) is 0.812. The molecule has 0 radical (unpaired) electrons. The summed E-state index contributed by atoms with van der Waals surface area (Å²) in [6, 6.07) is 11.0. The van der Waals surface area contributed by atoms with E-state index in [0.717, 1.165) is 5.56 Å². The summed E-state index contributed by atoms with van der Waals surface area (Å²) in [5.74, 6) is 0.688. The lowest BCUT2D eigenvalue weighted by Gasteiger charge is -2.05. The fraction of sp³-hybridized carbons (Fsp3) is 0.214. The van der Waals surface area contributed by atoms with Gasteiger partial charge in [0.05, 0.1) is 0 Å². The minimum absolute atomic E-state index is 0.204. The van der Waals surface area contributed by atoms with E-state index in [0.29, 0.717) is 12.4 Å². The Morgan fingerprint density at radius 1 is 1.17 bits per heavy atom. The van der Waals surface area contributed by atoms with Gasteiger partial charge in [-0.05, 0) is 5.56 Å². The summed E-state index contributed by atoms with van der Waals surface area (Å²) in [6.45, 7) is 0.615. The third-order valence-electron chi connectivity index (χ3n) is 2.38. The lowest BCUT2D eigenvalue weighted by Crippen LogP contribution is -2.08. The Morgan fingerprint density at radius 2 is 1.94 bits per heavy atom. The van der Waals surface area contributed by atoms with Crippen LogP contribution in [0.5, 0.6) is 5.75 Å². The summed E-state index contributed by atoms with van der Waals surface area (Å²) >= 11 is 0. The molecule has 1 heterocycles. The summed E-state index contributed by atoms with van der Waals surface area (Å²) in [4.78, 5) is 11.7. The molecule has 4 nitrogen and oxygen atoms in total. The molecule has 0 unspecified atom stereocenters. The lowest BCUT2D eigenvalue weighted by molar-refractivity contribution is 0.160. The Kier molecular flexibility index (Phi) is 4.15. The highest BCUT2D eigenvalue weighted by Crippen LogP contribution is 2.09. The minimum atomic E-state index is -0.204. The van der Waals surface area contributed by atoms with E-state index in [1.165, 1.54) is 12.3 Å². The SMILES string of the molecule is COCc1cc(=O)c(OCc2ccccc2)co1. The Morgan fingerprint density at radius 3 is 2.61 bits per heavy atom. The van der Waals surface area contributed by atoms with Gasteiger partial charge in [-0.2, -0.15) is 0 Å². The zero-order valence-electron chi connectivity index (χ0n) is 10.1. The van der Waals surface area contributed by atoms with Crippen molar-refractivity contribution < 1.29 is 13.9 Å². The molecular weight excluding hydrogens is 232 g/mol. The molecule has 0 N–H and O–H groups in total. The fourth-order valence-electron chi connectivity index (χ4n) is 1.50. The predicted octanol–water partition coefficient (Wildman–Crippen LogP) is 2.37. The van der Waals surface area contributed by atoms with Crippen LogP contribution in [-0.2, 0) is 18.0 Å². The maximum absolute atomic E-state index is 11.7. The van der Waals surface area contributed by atoms with Crippen LogP contribution in [0.25, 0.3) is 0 Å². The molecule has 0 aliphatic heterocycles. The van der Waals surface area contributed by atoms with E-state index in [-0.39, 0.29) is 17.8 Å². The van der Waals surface area contributed by atoms with Gasteiger partial charge in [0.2, 0.25) is 11.2 Å². The molecule has 0 spiro atoms. The first kappa shape index (κ1) is 12.4. The first-order valence-electron chi connectivity index (χ1n) is 5.57. The van der Waals surface area contributed by atoms with Crippen LogP contribution in [0.1, 0.15) is 11.3 Å². The minimum Gasteiger partial charge on any atom is -0.482 e. The van der Waals surface area contributed by atoms with Crippen LogP contribution >= 0.6 is 0 Å². The van der Waals surface area contributed by atoms with Crippen LogP contribution in [0.3, 0.4) is 0 Å². The molecular formula is C14H14O4. The molecule has 0 saturated carbocycles. The second-order valence-corrected chi connectivity index (χ2v) is 3.78. The molecule has 0 aliphatic carbocycles. The van der Waals surface area contributed by atoms with Crippen molar-refractivity contribution in [2.45, 2.75) is 13.2 Å². The highest BCUT2D eigenvalue weighted by molar-refractivity contribution is 5.19. The molecule has 94 valence electrons. The number of rotatable bonds is 5. The third kappa shape index (κ3) is 3.21. The second-order valence-electron chi connectivity index (χ2n) is 3.78. The van der Waals surface area contributed by atoms with E-state index in [1.807, 2.05) is 30.3 Å². The molecule has 1 aromatic carbocycles. The average Bonchev–Trinajstić information content (AvgIpc) is 2.39. The first-order chi connectivity index (χ1) is 8.79. The van der Waals surface area contributed by atoms with E-state index in [4.69, 9.17) is 13.9 Å². The van der Waals surface area contributed by atoms with Gasteiger partial charge in [-0.15, -0.1) is 0 Å². The van der Waals surface area contributed by atoms with Gasteiger partial charge in [0.1, 0.15) is 25.2 Å². The molecule has 0 aliphatic rings. The van der Waals surface area contributed by atoms with Crippen LogP contribution in [-0.4, -0.2) is 7.11 Å². The van der Waals surface area contributed by atoms with Crippen molar-refractivity contribution in [2.75, 3.05) is 7.11 Å². The van der Waals surface area contributed by atoms with E-state index in [1.54, 1.807) is 7.11 Å². The Bertz CT molecular complexity index is 545. The van der Waals surface area contributed by atoms with Crippen molar-refractivity contribution >= 4 is 0 Å². The monoisotopic (exact) mass is 246 g/mol. The highest BCUT2D eigenvalue weighted by Gasteiger charge is 2.04. The van der Waals surface area contributed by atoms with Gasteiger partial charge in [0.15, 0.2) is 0 Å². The number of hydrogen-bond donors (Lipinski definition) is 0. The summed E-state index contributed by atoms with van der Waals surface area (Å²) in [6.07, 6.45) is 1.32. The predicted molar refractivity (Wildman–Crippen MR) is 66.5 cm³/mol. The lowest BCUT2D eigenvalue weighted by atomic mass is 10.2.